The van der Waals surface area contributed by atoms with E-state index in [4.69, 9.17) is 4.74 Å². The van der Waals surface area contributed by atoms with Crippen LogP contribution >= 0.6 is 0 Å². The summed E-state index contributed by atoms with van der Waals surface area (Å²) in [4.78, 5) is 0. The first-order valence-corrected chi connectivity index (χ1v) is 6.04. The predicted octanol–water partition coefficient (Wildman–Crippen LogP) is 2.46. The first-order valence-electron chi connectivity index (χ1n) is 6.04. The zero-order valence-corrected chi connectivity index (χ0v) is 10.4. The number of nitrogens with one attached hydrogen (secondary N) is 1. The number of ether oxygens (including phenoxy) is 1. The minimum atomic E-state index is 0.505. The van der Waals surface area contributed by atoms with Crippen LogP contribution in [0.1, 0.15) is 29.7 Å². The summed E-state index contributed by atoms with van der Waals surface area (Å²) in [7, 11) is 1.75. The van der Waals surface area contributed by atoms with Crippen molar-refractivity contribution >= 4 is 0 Å². The lowest BCUT2D eigenvalue weighted by molar-refractivity contribution is 0.192. The van der Waals surface area contributed by atoms with E-state index < -0.39 is 0 Å². The summed E-state index contributed by atoms with van der Waals surface area (Å²) in [6.45, 7) is 6.19. The van der Waals surface area contributed by atoms with Crippen LogP contribution in [0.5, 0.6) is 0 Å². The van der Waals surface area contributed by atoms with Gasteiger partial charge >= 0.3 is 0 Å². The molecule has 1 N–H and O–H groups in total. The van der Waals surface area contributed by atoms with Crippen LogP contribution < -0.4 is 5.32 Å². The molecule has 88 valence electrons. The Morgan fingerprint density at radius 3 is 3.00 bits per heavy atom. The van der Waals surface area contributed by atoms with Gasteiger partial charge in [-0.15, -0.1) is 0 Å². The van der Waals surface area contributed by atoms with Crippen molar-refractivity contribution in [2.75, 3.05) is 20.3 Å². The molecule has 16 heavy (non-hydrogen) atoms. The minimum absolute atomic E-state index is 0.505. The van der Waals surface area contributed by atoms with Gasteiger partial charge in [-0.2, -0.15) is 0 Å². The second-order valence-electron chi connectivity index (χ2n) is 4.81. The molecule has 0 radical (unpaired) electrons. The largest absolute Gasteiger partial charge is 0.383 e. The van der Waals surface area contributed by atoms with E-state index in [1.165, 1.54) is 23.1 Å². The van der Waals surface area contributed by atoms with Crippen molar-refractivity contribution in [1.29, 1.82) is 0 Å². The highest BCUT2D eigenvalue weighted by Gasteiger charge is 2.28. The van der Waals surface area contributed by atoms with Gasteiger partial charge in [0, 0.05) is 19.7 Å². The Labute approximate surface area is 98.0 Å². The summed E-state index contributed by atoms with van der Waals surface area (Å²) < 4.78 is 5.09. The van der Waals surface area contributed by atoms with Crippen molar-refractivity contribution in [2.45, 2.75) is 26.3 Å². The van der Waals surface area contributed by atoms with Gasteiger partial charge in [-0.25, -0.2) is 0 Å². The number of hydrogen-bond donors (Lipinski definition) is 1. The predicted molar refractivity (Wildman–Crippen MR) is 66.7 cm³/mol. The van der Waals surface area contributed by atoms with Crippen LogP contribution in [0.3, 0.4) is 0 Å². The highest BCUT2D eigenvalue weighted by molar-refractivity contribution is 5.38. The normalized spacial score (nSPS) is 23.4. The van der Waals surface area contributed by atoms with Crippen molar-refractivity contribution in [1.82, 2.24) is 5.32 Å². The monoisotopic (exact) mass is 219 g/mol. The fourth-order valence-corrected chi connectivity index (χ4v) is 2.59. The molecule has 0 saturated carbocycles. The molecule has 2 heteroatoms. The summed E-state index contributed by atoms with van der Waals surface area (Å²) in [6, 6.07) is 7.32. The van der Waals surface area contributed by atoms with Gasteiger partial charge < -0.3 is 10.1 Å². The molecule has 0 aliphatic heterocycles. The van der Waals surface area contributed by atoms with Crippen LogP contribution in [0.15, 0.2) is 18.2 Å². The smallest absolute Gasteiger partial charge is 0.0587 e. The number of benzene rings is 1. The maximum Gasteiger partial charge on any atom is 0.0587 e. The molecule has 0 aromatic heterocycles. The summed E-state index contributed by atoms with van der Waals surface area (Å²) in [5.41, 5.74) is 4.35. The number of fused-ring (bicyclic) bond motifs is 1. The highest BCUT2D eigenvalue weighted by atomic mass is 16.5. The Hall–Kier alpha value is -0.860. The average molecular weight is 219 g/mol. The molecule has 1 aromatic rings. The molecule has 0 heterocycles. The third-order valence-corrected chi connectivity index (χ3v) is 3.42. The lowest BCUT2D eigenvalue weighted by Crippen LogP contribution is -2.27. The summed E-state index contributed by atoms with van der Waals surface area (Å²) >= 11 is 0. The SMILES string of the molecule is COCCNC1c2cc(C)ccc2CC1C. The van der Waals surface area contributed by atoms with E-state index >= 15 is 0 Å². The molecule has 2 unspecified atom stereocenters. The fourth-order valence-electron chi connectivity index (χ4n) is 2.59. The first kappa shape index (κ1) is 11.6. The Morgan fingerprint density at radius 1 is 1.44 bits per heavy atom. The standard InChI is InChI=1S/C14H21NO/c1-10-4-5-12-9-11(2)14(13(12)8-10)15-6-7-16-3/h4-5,8,11,14-15H,6-7,9H2,1-3H3. The second kappa shape index (κ2) is 4.98. The van der Waals surface area contributed by atoms with Crippen LogP contribution in [-0.2, 0) is 11.2 Å². The quantitative estimate of drug-likeness (QED) is 0.785. The van der Waals surface area contributed by atoms with Crippen molar-refractivity contribution in [3.8, 4) is 0 Å². The molecule has 0 spiro atoms. The summed E-state index contributed by atoms with van der Waals surface area (Å²) in [5, 5.41) is 3.59. The Bertz CT molecular complexity index is 362. The van der Waals surface area contributed by atoms with Gasteiger partial charge in [0.05, 0.1) is 6.61 Å². The van der Waals surface area contributed by atoms with Crippen LogP contribution in [0, 0.1) is 12.8 Å². The number of hydrogen-bond acceptors (Lipinski definition) is 2. The van der Waals surface area contributed by atoms with E-state index in [1.54, 1.807) is 7.11 Å². The molecule has 1 aliphatic carbocycles. The number of aryl methyl sites for hydroxylation is 1. The zero-order valence-electron chi connectivity index (χ0n) is 10.4. The van der Waals surface area contributed by atoms with Gasteiger partial charge in [0.2, 0.25) is 0 Å². The molecule has 2 nitrogen and oxygen atoms in total. The Morgan fingerprint density at radius 2 is 2.25 bits per heavy atom. The molecule has 0 fully saturated rings. The van der Waals surface area contributed by atoms with E-state index in [-0.39, 0.29) is 0 Å². The lowest BCUT2D eigenvalue weighted by Gasteiger charge is -2.18. The molecule has 0 saturated heterocycles. The van der Waals surface area contributed by atoms with Crippen LogP contribution in [-0.4, -0.2) is 20.3 Å². The third kappa shape index (κ3) is 2.28. The van der Waals surface area contributed by atoms with E-state index in [1.807, 2.05) is 0 Å². The molecular formula is C14H21NO. The van der Waals surface area contributed by atoms with E-state index in [0.717, 1.165) is 13.2 Å². The van der Waals surface area contributed by atoms with Gasteiger partial charge in [0.25, 0.3) is 0 Å². The van der Waals surface area contributed by atoms with Crippen LogP contribution in [0.2, 0.25) is 0 Å². The molecule has 2 rings (SSSR count). The van der Waals surface area contributed by atoms with Crippen molar-refractivity contribution in [2.24, 2.45) is 5.92 Å². The van der Waals surface area contributed by atoms with Gasteiger partial charge in [0.1, 0.15) is 0 Å². The van der Waals surface area contributed by atoms with Crippen LogP contribution in [0.4, 0.5) is 0 Å². The fraction of sp³-hybridized carbons (Fsp3) is 0.571. The van der Waals surface area contributed by atoms with E-state index in [0.29, 0.717) is 12.0 Å². The van der Waals surface area contributed by atoms with Gasteiger partial charge in [0.15, 0.2) is 0 Å². The minimum Gasteiger partial charge on any atom is -0.383 e. The zero-order chi connectivity index (χ0) is 11.5. The van der Waals surface area contributed by atoms with Gasteiger partial charge in [-0.1, -0.05) is 30.7 Å². The lowest BCUT2D eigenvalue weighted by atomic mass is 10.0. The maximum absolute atomic E-state index is 5.09. The molecule has 2 atom stereocenters. The summed E-state index contributed by atoms with van der Waals surface area (Å²) in [5.74, 6) is 0.689. The molecule has 1 aromatic carbocycles. The molecule has 1 aliphatic rings. The number of methoxy groups -OCH3 is 1. The van der Waals surface area contributed by atoms with E-state index in [9.17, 15) is 0 Å². The van der Waals surface area contributed by atoms with Crippen molar-refractivity contribution in [3.05, 3.63) is 34.9 Å². The maximum atomic E-state index is 5.09. The van der Waals surface area contributed by atoms with Crippen LogP contribution in [0.25, 0.3) is 0 Å². The topological polar surface area (TPSA) is 21.3 Å². The molecule has 0 amide bonds. The molecule has 0 bridgehead atoms. The Kier molecular flexibility index (Phi) is 3.62. The summed E-state index contributed by atoms with van der Waals surface area (Å²) in [6.07, 6.45) is 1.19. The third-order valence-electron chi connectivity index (χ3n) is 3.42. The van der Waals surface area contributed by atoms with Crippen molar-refractivity contribution in [3.63, 3.8) is 0 Å². The number of rotatable bonds is 4. The highest BCUT2D eigenvalue weighted by Crippen LogP contribution is 2.36. The van der Waals surface area contributed by atoms with Gasteiger partial charge in [-0.3, -0.25) is 0 Å². The van der Waals surface area contributed by atoms with Crippen molar-refractivity contribution < 1.29 is 4.74 Å². The average Bonchev–Trinajstić information content (AvgIpc) is 2.56. The van der Waals surface area contributed by atoms with Gasteiger partial charge in [-0.05, 0) is 30.4 Å². The van der Waals surface area contributed by atoms with E-state index in [2.05, 4.69) is 37.4 Å². The Balaban J connectivity index is 2.11. The molecular weight excluding hydrogens is 198 g/mol. The second-order valence-corrected chi connectivity index (χ2v) is 4.81. The first-order chi connectivity index (χ1) is 7.72.